The Bertz CT molecular complexity index is 398. The summed E-state index contributed by atoms with van der Waals surface area (Å²) in [5.41, 5.74) is 0. The van der Waals surface area contributed by atoms with Crippen molar-refractivity contribution in [3.8, 4) is 0 Å². The minimum absolute atomic E-state index is 0.404. The lowest BCUT2D eigenvalue weighted by molar-refractivity contribution is -0.136. The molecule has 0 amide bonds. The molecule has 1 aliphatic heterocycles. The van der Waals surface area contributed by atoms with Crippen LogP contribution in [0.5, 0.6) is 0 Å². The summed E-state index contributed by atoms with van der Waals surface area (Å²) in [6.07, 6.45) is 1.54. The van der Waals surface area contributed by atoms with Gasteiger partial charge in [-0.25, -0.2) is 12.7 Å². The molecule has 1 fully saturated rings. The molecule has 6 nitrogen and oxygen atoms in total. The molecule has 0 radical (unpaired) electrons. The number of carbonyl (C=O) groups is 1. The van der Waals surface area contributed by atoms with Gasteiger partial charge in [0.05, 0.1) is 0 Å². The third-order valence-electron chi connectivity index (χ3n) is 3.91. The van der Waals surface area contributed by atoms with Crippen LogP contribution in [0.2, 0.25) is 0 Å². The van der Waals surface area contributed by atoms with E-state index in [0.29, 0.717) is 19.1 Å². The maximum atomic E-state index is 12.1. The maximum absolute atomic E-state index is 12.1. The van der Waals surface area contributed by atoms with Crippen molar-refractivity contribution in [1.82, 2.24) is 9.21 Å². The molecule has 1 N–H and O–H groups in total. The third-order valence-corrected chi connectivity index (χ3v) is 6.09. The van der Waals surface area contributed by atoms with E-state index in [2.05, 4.69) is 18.7 Å². The molecule has 1 atom stereocenters. The zero-order valence-electron chi connectivity index (χ0n) is 11.9. The first-order valence-corrected chi connectivity index (χ1v) is 8.30. The van der Waals surface area contributed by atoms with Gasteiger partial charge in [0.2, 0.25) is 10.0 Å². The summed E-state index contributed by atoms with van der Waals surface area (Å²) in [5, 5.41) is 7.49. The molecule has 1 aliphatic rings. The van der Waals surface area contributed by atoms with Crippen LogP contribution < -0.4 is 0 Å². The Kier molecular flexibility index (Phi) is 5.76. The van der Waals surface area contributed by atoms with Gasteiger partial charge in [-0.2, -0.15) is 0 Å². The van der Waals surface area contributed by atoms with Crippen LogP contribution in [0.3, 0.4) is 0 Å². The second kappa shape index (κ2) is 6.67. The topological polar surface area (TPSA) is 77.9 Å². The van der Waals surface area contributed by atoms with Crippen molar-refractivity contribution in [3.05, 3.63) is 0 Å². The van der Waals surface area contributed by atoms with Crippen LogP contribution in [0.25, 0.3) is 0 Å². The first-order chi connectivity index (χ1) is 8.84. The molecule has 0 aromatic rings. The van der Waals surface area contributed by atoms with E-state index in [0.717, 1.165) is 25.9 Å². The van der Waals surface area contributed by atoms with Gasteiger partial charge in [-0.1, -0.05) is 13.8 Å². The fourth-order valence-electron chi connectivity index (χ4n) is 2.55. The van der Waals surface area contributed by atoms with Gasteiger partial charge in [0.25, 0.3) is 0 Å². The summed E-state index contributed by atoms with van der Waals surface area (Å²) in [4.78, 5) is 13.2. The van der Waals surface area contributed by atoms with Crippen LogP contribution in [-0.2, 0) is 14.8 Å². The first kappa shape index (κ1) is 16.4. The van der Waals surface area contributed by atoms with Crippen molar-refractivity contribution in [2.24, 2.45) is 0 Å². The van der Waals surface area contributed by atoms with Crippen LogP contribution in [0.15, 0.2) is 0 Å². The van der Waals surface area contributed by atoms with Gasteiger partial charge in [-0.05, 0) is 32.9 Å². The van der Waals surface area contributed by atoms with E-state index in [1.54, 1.807) is 0 Å². The van der Waals surface area contributed by atoms with Gasteiger partial charge >= 0.3 is 5.97 Å². The Morgan fingerprint density at radius 3 is 2.16 bits per heavy atom. The Balaban J connectivity index is 2.66. The predicted octanol–water partition coefficient (Wildman–Crippen LogP) is 0.596. The molecule has 0 saturated carbocycles. The number of nitrogens with zero attached hydrogens (tertiary/aromatic N) is 2. The Morgan fingerprint density at radius 1 is 1.32 bits per heavy atom. The number of carboxylic acid groups (broad SMARTS) is 1. The van der Waals surface area contributed by atoms with Crippen molar-refractivity contribution in [3.63, 3.8) is 0 Å². The third kappa shape index (κ3) is 3.67. The minimum Gasteiger partial charge on any atom is -0.480 e. The van der Waals surface area contributed by atoms with Crippen molar-refractivity contribution < 1.29 is 18.3 Å². The van der Waals surface area contributed by atoms with E-state index in [1.807, 2.05) is 0 Å². The lowest BCUT2D eigenvalue weighted by Crippen LogP contribution is -2.49. The van der Waals surface area contributed by atoms with Crippen molar-refractivity contribution in [2.75, 3.05) is 26.2 Å². The zero-order chi connectivity index (χ0) is 14.6. The van der Waals surface area contributed by atoms with Crippen LogP contribution in [0, 0.1) is 0 Å². The SMILES string of the molecule is CCN(CC)C1CCN(S(=O)(=O)C(C)C(=O)O)CC1. The zero-order valence-corrected chi connectivity index (χ0v) is 12.7. The number of sulfonamides is 1. The highest BCUT2D eigenvalue weighted by Crippen LogP contribution is 2.20. The summed E-state index contributed by atoms with van der Waals surface area (Å²) < 4.78 is 25.5. The van der Waals surface area contributed by atoms with Crippen molar-refractivity contribution in [1.29, 1.82) is 0 Å². The van der Waals surface area contributed by atoms with E-state index in [4.69, 9.17) is 5.11 Å². The molecule has 7 heteroatoms. The molecular weight excluding hydrogens is 268 g/mol. The normalized spacial score (nSPS) is 20.6. The number of aliphatic carboxylic acids is 1. The van der Waals surface area contributed by atoms with Gasteiger partial charge in [-0.3, -0.25) is 4.79 Å². The van der Waals surface area contributed by atoms with E-state index < -0.39 is 21.2 Å². The number of piperidine rings is 1. The van der Waals surface area contributed by atoms with E-state index in [-0.39, 0.29) is 0 Å². The highest BCUT2D eigenvalue weighted by atomic mass is 32.2. The lowest BCUT2D eigenvalue weighted by Gasteiger charge is -2.37. The molecule has 0 aliphatic carbocycles. The van der Waals surface area contributed by atoms with Crippen LogP contribution in [0.1, 0.15) is 33.6 Å². The molecule has 1 saturated heterocycles. The highest BCUT2D eigenvalue weighted by Gasteiger charge is 2.36. The molecule has 1 unspecified atom stereocenters. The molecule has 1 rings (SSSR count). The number of rotatable bonds is 6. The first-order valence-electron chi connectivity index (χ1n) is 6.80. The average molecular weight is 292 g/mol. The smallest absolute Gasteiger partial charge is 0.323 e. The number of carboxylic acids is 1. The fourth-order valence-corrected chi connectivity index (χ4v) is 3.97. The van der Waals surface area contributed by atoms with Gasteiger partial charge < -0.3 is 10.0 Å². The molecule has 0 bridgehead atoms. The van der Waals surface area contributed by atoms with Crippen LogP contribution in [-0.4, -0.2) is 66.2 Å². The minimum atomic E-state index is -3.71. The largest absolute Gasteiger partial charge is 0.480 e. The van der Waals surface area contributed by atoms with Crippen molar-refractivity contribution >= 4 is 16.0 Å². The Labute approximate surface area is 115 Å². The Hall–Kier alpha value is -0.660. The van der Waals surface area contributed by atoms with Gasteiger partial charge in [0, 0.05) is 19.1 Å². The van der Waals surface area contributed by atoms with E-state index in [1.165, 1.54) is 11.2 Å². The molecule has 19 heavy (non-hydrogen) atoms. The fraction of sp³-hybridized carbons (Fsp3) is 0.917. The number of hydrogen-bond acceptors (Lipinski definition) is 4. The molecule has 1 heterocycles. The van der Waals surface area contributed by atoms with E-state index >= 15 is 0 Å². The lowest BCUT2D eigenvalue weighted by atomic mass is 10.1. The molecular formula is C12H24N2O4S. The summed E-state index contributed by atoms with van der Waals surface area (Å²) in [6.45, 7) is 8.17. The van der Waals surface area contributed by atoms with Gasteiger partial charge in [0.1, 0.15) is 0 Å². The summed E-state index contributed by atoms with van der Waals surface area (Å²) >= 11 is 0. The standard InChI is InChI=1S/C12H24N2O4S/c1-4-13(5-2)11-6-8-14(9-7-11)19(17,18)10(3)12(15)16/h10-11H,4-9H2,1-3H3,(H,15,16). The quantitative estimate of drug-likeness (QED) is 0.775. The number of hydrogen-bond donors (Lipinski definition) is 1. The van der Waals surface area contributed by atoms with Crippen LogP contribution in [0.4, 0.5) is 0 Å². The van der Waals surface area contributed by atoms with Gasteiger partial charge in [-0.15, -0.1) is 0 Å². The molecule has 112 valence electrons. The highest BCUT2D eigenvalue weighted by molar-refractivity contribution is 7.90. The molecule has 0 spiro atoms. The van der Waals surface area contributed by atoms with E-state index in [9.17, 15) is 13.2 Å². The van der Waals surface area contributed by atoms with Gasteiger partial charge in [0.15, 0.2) is 5.25 Å². The van der Waals surface area contributed by atoms with Crippen molar-refractivity contribution in [2.45, 2.75) is 44.9 Å². The maximum Gasteiger partial charge on any atom is 0.323 e. The monoisotopic (exact) mass is 292 g/mol. The molecule has 0 aromatic heterocycles. The second-order valence-corrected chi connectivity index (χ2v) is 7.13. The average Bonchev–Trinajstić information content (AvgIpc) is 2.39. The second-order valence-electron chi connectivity index (χ2n) is 4.88. The van der Waals surface area contributed by atoms with Crippen LogP contribution >= 0.6 is 0 Å². The summed E-state index contributed by atoms with van der Waals surface area (Å²) in [5.74, 6) is -1.29. The summed E-state index contributed by atoms with van der Waals surface area (Å²) in [6, 6.07) is 0.404. The predicted molar refractivity (Wildman–Crippen MR) is 73.5 cm³/mol. The Morgan fingerprint density at radius 2 is 1.79 bits per heavy atom. The summed E-state index contributed by atoms with van der Waals surface area (Å²) in [7, 11) is -3.71. The molecule has 0 aromatic carbocycles.